The van der Waals surface area contributed by atoms with Crippen molar-refractivity contribution < 1.29 is 43.5 Å². The average Bonchev–Trinajstić information content (AvgIpc) is 3.71. The van der Waals surface area contributed by atoms with Crippen molar-refractivity contribution in [3.8, 4) is 0 Å². The lowest BCUT2D eigenvalue weighted by molar-refractivity contribution is -0.346. The number of epoxide rings is 1. The summed E-state index contributed by atoms with van der Waals surface area (Å²) in [5.74, 6) is -3.93. The molecule has 5 aliphatic heterocycles. The standard InChI is InChI=1S/C32H44N2O9/c1-16(14-17(2)28-18(3)23-12-13-32(15-40-32)31(6,42-23)43-28)8-9-22(36)25-27(37)26(19(4)29(38)33-7)34(30(25)39)24-11-10-21(35)20(5)41-24/h8-9,12-14,17-21,23-24,26,28,35-36H,10-11,15H2,1-7H3,(H,33,38)/b9-8+,16-14+,25-22+/t17-,18+,19+,20+,21+,23-,24+,26+,28-,31-,32-/m1/s1. The molecule has 0 aliphatic carbocycles. The Morgan fingerprint density at radius 1 is 1.19 bits per heavy atom. The molecule has 0 saturated carbocycles. The molecule has 2 amide bonds. The van der Waals surface area contributed by atoms with E-state index in [-0.39, 0.29) is 29.6 Å². The molecule has 0 radical (unpaired) electrons. The van der Waals surface area contributed by atoms with E-state index in [2.05, 4.69) is 31.3 Å². The number of aliphatic hydroxyl groups excluding tert-OH is 2. The molecule has 0 aromatic carbocycles. The summed E-state index contributed by atoms with van der Waals surface area (Å²) >= 11 is 0. The zero-order chi connectivity index (χ0) is 31.4. The monoisotopic (exact) mass is 600 g/mol. The number of aliphatic hydroxyl groups is 2. The molecule has 5 heterocycles. The van der Waals surface area contributed by atoms with Crippen LogP contribution in [0.4, 0.5) is 0 Å². The predicted octanol–water partition coefficient (Wildman–Crippen LogP) is 2.46. The van der Waals surface area contributed by atoms with Crippen LogP contribution in [0.1, 0.15) is 54.4 Å². The second kappa shape index (κ2) is 11.6. The fourth-order valence-electron chi connectivity index (χ4n) is 6.82. The number of nitrogens with one attached hydrogen (secondary N) is 1. The third-order valence-corrected chi connectivity index (χ3v) is 9.67. The molecule has 0 aromatic heterocycles. The third kappa shape index (κ3) is 5.50. The summed E-state index contributed by atoms with van der Waals surface area (Å²) in [5, 5.41) is 23.7. The molecule has 4 fully saturated rings. The SMILES string of the molecule is CNC(=O)[C@@H](C)[C@H]1C(=O)/C(=C(O)/C=C/C(C)=C/[C@@H](C)[C@H]2O[C@@]3(C)O[C@H](C=C[C@@]34CO4)[C@@H]2C)C(=O)N1[C@@H]1CC[C@H](O)[C@H](C)O1. The zero-order valence-electron chi connectivity index (χ0n) is 25.9. The molecule has 11 atom stereocenters. The Kier molecular flexibility index (Phi) is 8.51. The van der Waals surface area contributed by atoms with Crippen LogP contribution in [-0.4, -0.2) is 94.4 Å². The highest BCUT2D eigenvalue weighted by molar-refractivity contribution is 6.27. The van der Waals surface area contributed by atoms with Crippen molar-refractivity contribution in [3.63, 3.8) is 0 Å². The number of ether oxygens (including phenoxy) is 4. The zero-order valence-corrected chi connectivity index (χ0v) is 25.9. The first-order valence-corrected chi connectivity index (χ1v) is 15.1. The largest absolute Gasteiger partial charge is 0.507 e. The molecule has 43 heavy (non-hydrogen) atoms. The molecule has 4 saturated heterocycles. The number of likely N-dealkylation sites (tertiary alicyclic amines) is 1. The lowest BCUT2D eigenvalue weighted by atomic mass is 9.82. The van der Waals surface area contributed by atoms with E-state index in [1.54, 1.807) is 19.9 Å². The maximum Gasteiger partial charge on any atom is 0.264 e. The van der Waals surface area contributed by atoms with E-state index in [9.17, 15) is 24.6 Å². The van der Waals surface area contributed by atoms with Gasteiger partial charge in [-0.2, -0.15) is 0 Å². The van der Waals surface area contributed by atoms with Crippen molar-refractivity contribution in [2.45, 2.75) is 102 Å². The number of rotatable bonds is 7. The second-order valence-corrected chi connectivity index (χ2v) is 12.7. The van der Waals surface area contributed by atoms with Crippen molar-refractivity contribution in [1.82, 2.24) is 10.2 Å². The minimum absolute atomic E-state index is 0.0220. The third-order valence-electron chi connectivity index (χ3n) is 9.67. The number of amides is 2. The fourth-order valence-corrected chi connectivity index (χ4v) is 6.82. The number of nitrogens with zero attached hydrogens (tertiary/aromatic N) is 1. The molecule has 0 aromatic rings. The Morgan fingerprint density at radius 3 is 2.51 bits per heavy atom. The van der Waals surface area contributed by atoms with Crippen LogP contribution in [-0.2, 0) is 33.3 Å². The van der Waals surface area contributed by atoms with E-state index in [1.165, 1.54) is 18.0 Å². The van der Waals surface area contributed by atoms with Crippen LogP contribution in [0.3, 0.4) is 0 Å². The van der Waals surface area contributed by atoms with Crippen LogP contribution < -0.4 is 5.32 Å². The van der Waals surface area contributed by atoms with Crippen LogP contribution in [0, 0.1) is 17.8 Å². The molecule has 3 N–H and O–H groups in total. The van der Waals surface area contributed by atoms with Gasteiger partial charge in [0.1, 0.15) is 23.6 Å². The summed E-state index contributed by atoms with van der Waals surface area (Å²) in [6, 6.07) is -1.15. The van der Waals surface area contributed by atoms with E-state index in [1.807, 2.05) is 19.9 Å². The lowest BCUT2D eigenvalue weighted by Crippen LogP contribution is -2.61. The highest BCUT2D eigenvalue weighted by atomic mass is 16.8. The van der Waals surface area contributed by atoms with E-state index >= 15 is 0 Å². The second-order valence-electron chi connectivity index (χ2n) is 12.7. The maximum absolute atomic E-state index is 13.6. The Labute approximate surface area is 252 Å². The molecule has 5 rings (SSSR count). The summed E-state index contributed by atoms with van der Waals surface area (Å²) in [4.78, 5) is 41.1. The van der Waals surface area contributed by atoms with Gasteiger partial charge in [0.2, 0.25) is 11.7 Å². The van der Waals surface area contributed by atoms with E-state index < -0.39 is 65.1 Å². The Morgan fingerprint density at radius 2 is 1.88 bits per heavy atom. The van der Waals surface area contributed by atoms with Gasteiger partial charge in [-0.25, -0.2) is 0 Å². The van der Waals surface area contributed by atoms with Crippen LogP contribution in [0.5, 0.6) is 0 Å². The number of allylic oxidation sites excluding steroid dienone is 3. The highest BCUT2D eigenvalue weighted by Crippen LogP contribution is 2.52. The predicted molar refractivity (Wildman–Crippen MR) is 155 cm³/mol. The van der Waals surface area contributed by atoms with Gasteiger partial charge in [-0.05, 0) is 45.8 Å². The Balaban J connectivity index is 1.36. The first kappa shape index (κ1) is 31.6. The van der Waals surface area contributed by atoms with Crippen molar-refractivity contribution in [2.75, 3.05) is 13.7 Å². The minimum atomic E-state index is -1.15. The molecular formula is C32H44N2O9. The molecule has 11 heteroatoms. The summed E-state index contributed by atoms with van der Waals surface area (Å²) in [6.07, 6.45) is 7.46. The molecule has 236 valence electrons. The van der Waals surface area contributed by atoms with Crippen LogP contribution >= 0.6 is 0 Å². The molecule has 11 nitrogen and oxygen atoms in total. The van der Waals surface area contributed by atoms with Gasteiger partial charge in [0.15, 0.2) is 11.4 Å². The summed E-state index contributed by atoms with van der Waals surface area (Å²) in [5.41, 5.74) is -0.127. The van der Waals surface area contributed by atoms with Gasteiger partial charge >= 0.3 is 0 Å². The van der Waals surface area contributed by atoms with Crippen molar-refractivity contribution in [1.29, 1.82) is 0 Å². The Bertz CT molecular complexity index is 1280. The first-order valence-electron chi connectivity index (χ1n) is 15.1. The highest BCUT2D eigenvalue weighted by Gasteiger charge is 2.66. The quantitative estimate of drug-likeness (QED) is 0.100. The topological polar surface area (TPSA) is 147 Å². The molecule has 0 unspecified atom stereocenters. The number of hydrogen-bond donors (Lipinski definition) is 3. The van der Waals surface area contributed by atoms with E-state index in [0.717, 1.165) is 5.57 Å². The maximum atomic E-state index is 13.6. The molecular weight excluding hydrogens is 556 g/mol. The number of carbonyl (C=O) groups is 3. The molecule has 1 spiro atoms. The summed E-state index contributed by atoms with van der Waals surface area (Å²) in [6.45, 7) is 11.7. The van der Waals surface area contributed by atoms with E-state index in [0.29, 0.717) is 19.4 Å². The van der Waals surface area contributed by atoms with Gasteiger partial charge in [0, 0.05) is 18.9 Å². The number of Topliss-reactive ketones (excluding diaryl/α,β-unsaturated/α-hetero) is 1. The first-order chi connectivity index (χ1) is 20.2. The van der Waals surface area contributed by atoms with Crippen molar-refractivity contribution in [3.05, 3.63) is 47.3 Å². The normalized spacial score (nSPS) is 42.0. The summed E-state index contributed by atoms with van der Waals surface area (Å²) < 4.78 is 24.3. The number of carbonyl (C=O) groups excluding carboxylic acids is 3. The van der Waals surface area contributed by atoms with Crippen molar-refractivity contribution >= 4 is 17.6 Å². The number of fused-ring (bicyclic) bond motifs is 3. The number of hydrogen-bond acceptors (Lipinski definition) is 9. The molecule has 2 bridgehead atoms. The van der Waals surface area contributed by atoms with Crippen LogP contribution in [0.2, 0.25) is 0 Å². The van der Waals surface area contributed by atoms with Gasteiger partial charge in [-0.3, -0.25) is 14.4 Å². The minimum Gasteiger partial charge on any atom is -0.507 e. The van der Waals surface area contributed by atoms with Gasteiger partial charge in [-0.1, -0.05) is 44.6 Å². The van der Waals surface area contributed by atoms with Gasteiger partial charge in [0.25, 0.3) is 5.91 Å². The number of ketones is 1. The van der Waals surface area contributed by atoms with Gasteiger partial charge < -0.3 is 39.4 Å². The molecule has 5 aliphatic rings. The van der Waals surface area contributed by atoms with Crippen LogP contribution in [0.25, 0.3) is 0 Å². The fraction of sp³-hybridized carbons (Fsp3) is 0.656. The Hall–Kier alpha value is -2.83. The van der Waals surface area contributed by atoms with Gasteiger partial charge in [-0.15, -0.1) is 0 Å². The lowest BCUT2D eigenvalue weighted by Gasteiger charge is -2.51. The van der Waals surface area contributed by atoms with E-state index in [4.69, 9.17) is 18.9 Å². The van der Waals surface area contributed by atoms with Gasteiger partial charge in [0.05, 0.1) is 36.9 Å². The average molecular weight is 601 g/mol. The smallest absolute Gasteiger partial charge is 0.264 e. The van der Waals surface area contributed by atoms with Crippen molar-refractivity contribution in [2.24, 2.45) is 17.8 Å². The summed E-state index contributed by atoms with van der Waals surface area (Å²) in [7, 11) is 1.46. The van der Waals surface area contributed by atoms with Crippen LogP contribution in [0.15, 0.2) is 47.3 Å².